The highest BCUT2D eigenvalue weighted by Crippen LogP contribution is 2.35. The van der Waals surface area contributed by atoms with Crippen LogP contribution in [0.5, 0.6) is 0 Å². The number of ether oxygens (including phenoxy) is 2. The highest BCUT2D eigenvalue weighted by Gasteiger charge is 2.37. The van der Waals surface area contributed by atoms with Crippen molar-refractivity contribution in [1.29, 1.82) is 0 Å². The van der Waals surface area contributed by atoms with Crippen molar-refractivity contribution in [1.82, 2.24) is 0 Å². The number of benzene rings is 1. The second kappa shape index (κ2) is 6.43. The van der Waals surface area contributed by atoms with E-state index in [1.165, 1.54) is 25.3 Å². The molecule has 0 unspecified atom stereocenters. The van der Waals surface area contributed by atoms with Gasteiger partial charge in [0.15, 0.2) is 5.78 Å². The number of fused-ring (bicyclic) bond motifs is 1. The Morgan fingerprint density at radius 1 is 1.25 bits per heavy atom. The molecular formula is C19H17FO4. The van der Waals surface area contributed by atoms with E-state index in [1.807, 2.05) is 6.92 Å². The molecule has 1 aromatic carbocycles. The number of carbonyl (C=O) groups excluding carboxylic acids is 2. The molecule has 24 heavy (non-hydrogen) atoms. The summed E-state index contributed by atoms with van der Waals surface area (Å²) in [5.74, 6) is -0.908. The predicted molar refractivity (Wildman–Crippen MR) is 86.0 cm³/mol. The molecule has 0 radical (unpaired) electrons. The average Bonchev–Trinajstić information content (AvgIpc) is 2.55. The van der Waals surface area contributed by atoms with Crippen LogP contribution in [0.15, 0.2) is 54.0 Å². The minimum Gasteiger partial charge on any atom is -0.492 e. The largest absolute Gasteiger partial charge is 0.492 e. The molecule has 2 atom stereocenters. The van der Waals surface area contributed by atoms with Gasteiger partial charge in [-0.1, -0.05) is 25.1 Å². The molecule has 0 saturated heterocycles. The Bertz CT molecular complexity index is 771. The molecule has 1 aromatic rings. The quantitative estimate of drug-likeness (QED) is 0.796. The predicted octanol–water partition coefficient (Wildman–Crippen LogP) is 3.55. The molecule has 124 valence electrons. The topological polar surface area (TPSA) is 52.6 Å². The zero-order valence-electron chi connectivity index (χ0n) is 13.4. The van der Waals surface area contributed by atoms with E-state index in [2.05, 4.69) is 0 Å². The molecule has 0 spiro atoms. The second-order valence-electron chi connectivity index (χ2n) is 5.70. The number of ketones is 1. The molecule has 1 heterocycles. The number of carbonyl (C=O) groups is 2. The van der Waals surface area contributed by atoms with Gasteiger partial charge in [-0.15, -0.1) is 0 Å². The van der Waals surface area contributed by atoms with Crippen LogP contribution in [0.1, 0.15) is 25.8 Å². The lowest BCUT2D eigenvalue weighted by molar-refractivity contribution is -0.136. The second-order valence-corrected chi connectivity index (χ2v) is 5.70. The van der Waals surface area contributed by atoms with Crippen molar-refractivity contribution in [3.05, 3.63) is 65.4 Å². The number of halogens is 1. The summed E-state index contributed by atoms with van der Waals surface area (Å²) in [5.41, 5.74) is 1.82. The average molecular weight is 328 g/mol. The smallest absolute Gasteiger partial charge is 0.308 e. The van der Waals surface area contributed by atoms with Crippen LogP contribution in [-0.4, -0.2) is 17.9 Å². The molecule has 0 aromatic heterocycles. The molecule has 4 nitrogen and oxygen atoms in total. The van der Waals surface area contributed by atoms with E-state index in [0.717, 1.165) is 5.57 Å². The van der Waals surface area contributed by atoms with Gasteiger partial charge in [0.1, 0.15) is 17.7 Å². The lowest BCUT2D eigenvalue weighted by Gasteiger charge is -2.31. The number of allylic oxidation sites excluding steroid dienone is 2. The Labute approximate surface area is 139 Å². The van der Waals surface area contributed by atoms with Gasteiger partial charge in [0.2, 0.25) is 0 Å². The molecule has 1 aliphatic heterocycles. The van der Waals surface area contributed by atoms with Crippen LogP contribution in [0.2, 0.25) is 0 Å². The maximum atomic E-state index is 13.1. The van der Waals surface area contributed by atoms with Crippen LogP contribution in [0.4, 0.5) is 4.39 Å². The van der Waals surface area contributed by atoms with Gasteiger partial charge >= 0.3 is 5.97 Å². The maximum Gasteiger partial charge on any atom is 0.308 e. The van der Waals surface area contributed by atoms with Crippen LogP contribution in [0, 0.1) is 11.7 Å². The first-order chi connectivity index (χ1) is 11.5. The van der Waals surface area contributed by atoms with E-state index < -0.39 is 18.0 Å². The molecule has 0 saturated carbocycles. The fraction of sp³-hybridized carbons (Fsp3) is 0.263. The molecular weight excluding hydrogens is 311 g/mol. The first kappa shape index (κ1) is 16.2. The van der Waals surface area contributed by atoms with Crippen LogP contribution in [0.25, 0.3) is 5.57 Å². The Morgan fingerprint density at radius 3 is 2.58 bits per heavy atom. The van der Waals surface area contributed by atoms with E-state index in [4.69, 9.17) is 9.47 Å². The van der Waals surface area contributed by atoms with Crippen LogP contribution in [0.3, 0.4) is 0 Å². The van der Waals surface area contributed by atoms with E-state index in [1.54, 1.807) is 24.3 Å². The zero-order valence-corrected chi connectivity index (χ0v) is 13.4. The molecule has 0 N–H and O–H groups in total. The standard InChI is InChI=1S/C19H17FO4/c1-3-12-8-15-18(9-17(12)24-11(2)21)23-10-16(19(15)22)13-4-6-14(20)7-5-13/h4-10,15,18H,3H2,1-2H3/t15-,18+/m1/s1. The van der Waals surface area contributed by atoms with Gasteiger partial charge in [0.05, 0.1) is 17.8 Å². The number of hydrogen-bond acceptors (Lipinski definition) is 4. The van der Waals surface area contributed by atoms with Crippen LogP contribution in [-0.2, 0) is 19.1 Å². The first-order valence-electron chi connectivity index (χ1n) is 7.76. The first-order valence-corrected chi connectivity index (χ1v) is 7.76. The van der Waals surface area contributed by atoms with Gasteiger partial charge in [-0.05, 0) is 29.7 Å². The summed E-state index contributed by atoms with van der Waals surface area (Å²) in [6.07, 6.45) is 4.98. The number of hydrogen-bond donors (Lipinski definition) is 0. The zero-order chi connectivity index (χ0) is 17.3. The molecule has 0 fully saturated rings. The molecule has 2 aliphatic rings. The highest BCUT2D eigenvalue weighted by atomic mass is 19.1. The van der Waals surface area contributed by atoms with Crippen molar-refractivity contribution in [3.63, 3.8) is 0 Å². The van der Waals surface area contributed by atoms with Gasteiger partial charge in [-0.2, -0.15) is 0 Å². The highest BCUT2D eigenvalue weighted by molar-refractivity contribution is 6.23. The van der Waals surface area contributed by atoms with Crippen molar-refractivity contribution in [2.45, 2.75) is 26.4 Å². The summed E-state index contributed by atoms with van der Waals surface area (Å²) in [6.45, 7) is 3.26. The third kappa shape index (κ3) is 3.02. The maximum absolute atomic E-state index is 13.1. The third-order valence-corrected chi connectivity index (χ3v) is 4.07. The van der Waals surface area contributed by atoms with Crippen molar-refractivity contribution < 1.29 is 23.5 Å². The van der Waals surface area contributed by atoms with Gasteiger partial charge in [-0.25, -0.2) is 4.39 Å². The molecule has 1 aliphatic carbocycles. The number of rotatable bonds is 3. The summed E-state index contributed by atoms with van der Waals surface area (Å²) in [6, 6.07) is 5.72. The summed E-state index contributed by atoms with van der Waals surface area (Å²) < 4.78 is 23.9. The van der Waals surface area contributed by atoms with E-state index in [-0.39, 0.29) is 11.6 Å². The van der Waals surface area contributed by atoms with Crippen LogP contribution >= 0.6 is 0 Å². The van der Waals surface area contributed by atoms with Gasteiger partial charge < -0.3 is 9.47 Å². The fourth-order valence-corrected chi connectivity index (χ4v) is 2.87. The summed E-state index contributed by atoms with van der Waals surface area (Å²) in [4.78, 5) is 24.0. The number of Topliss-reactive ketones (excluding diaryl/α,β-unsaturated/α-hetero) is 1. The molecule has 3 rings (SSSR count). The molecule has 0 bridgehead atoms. The summed E-state index contributed by atoms with van der Waals surface area (Å²) in [7, 11) is 0. The Balaban J connectivity index is 1.93. The van der Waals surface area contributed by atoms with Gasteiger partial charge in [0, 0.05) is 13.0 Å². The fourth-order valence-electron chi connectivity index (χ4n) is 2.87. The SMILES string of the molecule is CCC1=C[C@H]2C(=O)C(c3ccc(F)cc3)=CO[C@H]2C=C1OC(C)=O. The minimum atomic E-state index is -0.508. The summed E-state index contributed by atoms with van der Waals surface area (Å²) in [5, 5.41) is 0. The Hall–Kier alpha value is -2.69. The van der Waals surface area contributed by atoms with E-state index >= 15 is 0 Å². The molecule has 5 heteroatoms. The minimum absolute atomic E-state index is 0.0954. The lowest BCUT2D eigenvalue weighted by Crippen LogP contribution is -2.34. The van der Waals surface area contributed by atoms with Crippen LogP contribution < -0.4 is 0 Å². The van der Waals surface area contributed by atoms with Crippen molar-refractivity contribution >= 4 is 17.3 Å². The van der Waals surface area contributed by atoms with E-state index in [0.29, 0.717) is 23.3 Å². The lowest BCUT2D eigenvalue weighted by atomic mass is 9.82. The Kier molecular flexibility index (Phi) is 4.34. The van der Waals surface area contributed by atoms with E-state index in [9.17, 15) is 14.0 Å². The van der Waals surface area contributed by atoms with Crippen molar-refractivity contribution in [2.24, 2.45) is 5.92 Å². The van der Waals surface area contributed by atoms with Gasteiger partial charge in [0.25, 0.3) is 0 Å². The normalized spacial score (nSPS) is 22.6. The number of esters is 1. The van der Waals surface area contributed by atoms with Crippen molar-refractivity contribution in [3.8, 4) is 0 Å². The third-order valence-electron chi connectivity index (χ3n) is 4.07. The van der Waals surface area contributed by atoms with Gasteiger partial charge in [-0.3, -0.25) is 9.59 Å². The Morgan fingerprint density at radius 2 is 1.96 bits per heavy atom. The van der Waals surface area contributed by atoms with Crippen molar-refractivity contribution in [2.75, 3.05) is 0 Å². The summed E-state index contributed by atoms with van der Waals surface area (Å²) >= 11 is 0. The molecule has 0 amide bonds. The monoisotopic (exact) mass is 328 g/mol.